The average molecular weight is 392 g/mol. The number of nitrogens with one attached hydrogen (secondary N) is 2. The van der Waals surface area contributed by atoms with E-state index in [9.17, 15) is 9.90 Å². The van der Waals surface area contributed by atoms with Crippen molar-refractivity contribution >= 4 is 40.8 Å². The number of amides is 1. The van der Waals surface area contributed by atoms with Crippen LogP contribution >= 0.6 is 23.4 Å². The summed E-state index contributed by atoms with van der Waals surface area (Å²) in [6, 6.07) is 10.4. The number of nitrogens with zero attached hydrogens (tertiary/aromatic N) is 1. The molecule has 0 aliphatic heterocycles. The summed E-state index contributed by atoms with van der Waals surface area (Å²) in [6.07, 6.45) is 3.37. The molecule has 2 atom stereocenters. The molecular formula is C19H22ClN3O2S. The Hall–Kier alpha value is -1.76. The zero-order valence-corrected chi connectivity index (χ0v) is 16.1. The van der Waals surface area contributed by atoms with E-state index in [1.54, 1.807) is 48.2 Å². The third kappa shape index (κ3) is 4.50. The lowest BCUT2D eigenvalue weighted by atomic mass is 9.79. The molecule has 1 heterocycles. The number of hydrogen-bond donors (Lipinski definition) is 3. The molecule has 0 bridgehead atoms. The van der Waals surface area contributed by atoms with Crippen LogP contribution in [0, 0.1) is 0 Å². The van der Waals surface area contributed by atoms with Gasteiger partial charge in [-0.3, -0.25) is 4.79 Å². The second-order valence-electron chi connectivity index (χ2n) is 6.34. The number of anilines is 2. The topological polar surface area (TPSA) is 74.2 Å². The fraction of sp³-hybridized carbons (Fsp3) is 0.368. The van der Waals surface area contributed by atoms with Gasteiger partial charge in [-0.05, 0) is 48.9 Å². The van der Waals surface area contributed by atoms with E-state index in [0.717, 1.165) is 18.6 Å². The number of benzene rings is 1. The molecule has 1 aliphatic rings. The third-order valence-electron chi connectivity index (χ3n) is 4.49. The van der Waals surface area contributed by atoms with Crippen molar-refractivity contribution in [2.75, 3.05) is 22.9 Å². The SMILES string of the molecule is CCSC1CCC1(O)CNc1ccc(C(=O)Nc2cccc(Cl)c2)cn1. The minimum Gasteiger partial charge on any atom is -0.387 e. The molecule has 0 saturated heterocycles. The molecule has 0 radical (unpaired) electrons. The lowest BCUT2D eigenvalue weighted by Crippen LogP contribution is -2.54. The molecule has 1 saturated carbocycles. The Morgan fingerprint density at radius 3 is 2.88 bits per heavy atom. The smallest absolute Gasteiger partial charge is 0.257 e. The van der Waals surface area contributed by atoms with Crippen molar-refractivity contribution in [3.63, 3.8) is 0 Å². The van der Waals surface area contributed by atoms with E-state index in [-0.39, 0.29) is 11.2 Å². The number of halogens is 1. The Labute approximate surface area is 162 Å². The molecule has 0 spiro atoms. The van der Waals surface area contributed by atoms with Crippen LogP contribution in [0.5, 0.6) is 0 Å². The van der Waals surface area contributed by atoms with E-state index in [0.29, 0.717) is 28.6 Å². The van der Waals surface area contributed by atoms with Crippen LogP contribution < -0.4 is 10.6 Å². The summed E-state index contributed by atoms with van der Waals surface area (Å²) < 4.78 is 0. The minimum absolute atomic E-state index is 0.247. The van der Waals surface area contributed by atoms with E-state index in [2.05, 4.69) is 22.5 Å². The molecule has 5 nitrogen and oxygen atoms in total. The van der Waals surface area contributed by atoms with Gasteiger partial charge in [0.1, 0.15) is 5.82 Å². The van der Waals surface area contributed by atoms with E-state index < -0.39 is 5.60 Å². The van der Waals surface area contributed by atoms with Crippen molar-refractivity contribution in [3.8, 4) is 0 Å². The van der Waals surface area contributed by atoms with Gasteiger partial charge in [-0.2, -0.15) is 11.8 Å². The number of aliphatic hydroxyl groups is 1. The zero-order valence-electron chi connectivity index (χ0n) is 14.5. The standard InChI is InChI=1S/C19H22ClN3O2S/c1-2-26-16-8-9-19(16,25)12-22-17-7-6-13(11-21-17)18(24)23-15-5-3-4-14(20)10-15/h3-7,10-11,16,25H,2,8-9,12H2,1H3,(H,21,22)(H,23,24). The fourth-order valence-electron chi connectivity index (χ4n) is 2.88. The van der Waals surface area contributed by atoms with E-state index in [1.165, 1.54) is 6.20 Å². The highest BCUT2D eigenvalue weighted by Gasteiger charge is 2.44. The second kappa shape index (κ2) is 8.29. The molecular weight excluding hydrogens is 370 g/mol. The maximum absolute atomic E-state index is 12.3. The van der Waals surface area contributed by atoms with Crippen molar-refractivity contribution in [1.82, 2.24) is 4.98 Å². The van der Waals surface area contributed by atoms with Crippen LogP contribution in [0.25, 0.3) is 0 Å². The first kappa shape index (κ1) is 19.0. The van der Waals surface area contributed by atoms with Crippen molar-refractivity contribution in [2.45, 2.75) is 30.6 Å². The normalized spacial score (nSPS) is 21.7. The quantitative estimate of drug-likeness (QED) is 0.664. The summed E-state index contributed by atoms with van der Waals surface area (Å²) in [6.45, 7) is 2.57. The van der Waals surface area contributed by atoms with Crippen LogP contribution in [0.15, 0.2) is 42.6 Å². The monoisotopic (exact) mass is 391 g/mol. The number of thioether (sulfide) groups is 1. The van der Waals surface area contributed by atoms with Gasteiger partial charge in [0.15, 0.2) is 0 Å². The summed E-state index contributed by atoms with van der Waals surface area (Å²) in [5, 5.41) is 17.4. The van der Waals surface area contributed by atoms with Gasteiger partial charge in [-0.25, -0.2) is 4.98 Å². The van der Waals surface area contributed by atoms with Crippen molar-refractivity contribution in [3.05, 3.63) is 53.2 Å². The van der Waals surface area contributed by atoms with E-state index in [1.807, 2.05) is 0 Å². The zero-order chi connectivity index (χ0) is 18.6. The number of aromatic nitrogens is 1. The molecule has 1 aromatic carbocycles. The first-order valence-electron chi connectivity index (χ1n) is 8.61. The van der Waals surface area contributed by atoms with Gasteiger partial charge in [0, 0.05) is 28.7 Å². The third-order valence-corrected chi connectivity index (χ3v) is 6.14. The molecule has 3 N–H and O–H groups in total. The predicted octanol–water partition coefficient (Wildman–Crippen LogP) is 4.05. The molecule has 1 amide bonds. The lowest BCUT2D eigenvalue weighted by molar-refractivity contribution is -0.0120. The molecule has 7 heteroatoms. The highest BCUT2D eigenvalue weighted by molar-refractivity contribution is 8.00. The maximum atomic E-state index is 12.3. The van der Waals surface area contributed by atoms with Crippen LogP contribution in [0.4, 0.5) is 11.5 Å². The van der Waals surface area contributed by atoms with Gasteiger partial charge < -0.3 is 15.7 Å². The Morgan fingerprint density at radius 1 is 1.42 bits per heavy atom. The fourth-order valence-corrected chi connectivity index (χ4v) is 4.27. The predicted molar refractivity (Wildman–Crippen MR) is 108 cm³/mol. The number of carbonyl (C=O) groups excluding carboxylic acids is 1. The minimum atomic E-state index is -0.676. The molecule has 26 heavy (non-hydrogen) atoms. The van der Waals surface area contributed by atoms with Crippen LogP contribution in [-0.4, -0.2) is 39.1 Å². The van der Waals surface area contributed by atoms with Gasteiger partial charge in [-0.15, -0.1) is 0 Å². The second-order valence-corrected chi connectivity index (χ2v) is 8.25. The summed E-state index contributed by atoms with van der Waals surface area (Å²) >= 11 is 7.72. The maximum Gasteiger partial charge on any atom is 0.257 e. The van der Waals surface area contributed by atoms with Gasteiger partial charge >= 0.3 is 0 Å². The number of carbonyl (C=O) groups is 1. The summed E-state index contributed by atoms with van der Waals surface area (Å²) in [4.78, 5) is 16.5. The first-order chi connectivity index (χ1) is 12.5. The van der Waals surface area contributed by atoms with Crippen molar-refractivity contribution in [1.29, 1.82) is 0 Å². The van der Waals surface area contributed by atoms with Gasteiger partial charge in [0.05, 0.1) is 11.2 Å². The molecule has 2 aromatic rings. The molecule has 1 aromatic heterocycles. The largest absolute Gasteiger partial charge is 0.387 e. The number of pyridine rings is 1. The Balaban J connectivity index is 1.55. The highest BCUT2D eigenvalue weighted by Crippen LogP contribution is 2.41. The van der Waals surface area contributed by atoms with Crippen molar-refractivity contribution < 1.29 is 9.90 Å². The van der Waals surface area contributed by atoms with E-state index >= 15 is 0 Å². The first-order valence-corrected chi connectivity index (χ1v) is 10.0. The molecule has 138 valence electrons. The number of hydrogen-bond acceptors (Lipinski definition) is 5. The molecule has 1 aliphatic carbocycles. The van der Waals surface area contributed by atoms with E-state index in [4.69, 9.17) is 11.6 Å². The van der Waals surface area contributed by atoms with Gasteiger partial charge in [0.25, 0.3) is 5.91 Å². The Bertz CT molecular complexity index is 772. The average Bonchev–Trinajstić information content (AvgIpc) is 2.63. The van der Waals surface area contributed by atoms with Gasteiger partial charge in [-0.1, -0.05) is 24.6 Å². The van der Waals surface area contributed by atoms with Crippen LogP contribution in [-0.2, 0) is 0 Å². The molecule has 1 fully saturated rings. The van der Waals surface area contributed by atoms with Crippen molar-refractivity contribution in [2.24, 2.45) is 0 Å². The van der Waals surface area contributed by atoms with Crippen LogP contribution in [0.2, 0.25) is 5.02 Å². The Morgan fingerprint density at radius 2 is 2.27 bits per heavy atom. The highest BCUT2D eigenvalue weighted by atomic mass is 35.5. The Kier molecular flexibility index (Phi) is 6.06. The summed E-state index contributed by atoms with van der Waals surface area (Å²) in [5.74, 6) is 1.40. The molecule has 2 unspecified atom stereocenters. The lowest BCUT2D eigenvalue weighted by Gasteiger charge is -2.45. The summed E-state index contributed by atoms with van der Waals surface area (Å²) in [7, 11) is 0. The molecule has 3 rings (SSSR count). The van der Waals surface area contributed by atoms with Crippen LogP contribution in [0.1, 0.15) is 30.1 Å². The van der Waals surface area contributed by atoms with Crippen LogP contribution in [0.3, 0.4) is 0 Å². The number of rotatable bonds is 7. The van der Waals surface area contributed by atoms with Gasteiger partial charge in [0.2, 0.25) is 0 Å². The summed E-state index contributed by atoms with van der Waals surface area (Å²) in [5.41, 5.74) is 0.416.